The van der Waals surface area contributed by atoms with E-state index in [1.165, 1.54) is 21.3 Å². The molecule has 0 aliphatic carbocycles. The number of rotatable bonds is 5. The van der Waals surface area contributed by atoms with Gasteiger partial charge in [-0.25, -0.2) is 13.4 Å². The zero-order valence-electron chi connectivity index (χ0n) is 10.7. The van der Waals surface area contributed by atoms with E-state index in [1.54, 1.807) is 12.4 Å². The number of piperidine rings is 1. The molecule has 0 spiro atoms. The van der Waals surface area contributed by atoms with E-state index in [9.17, 15) is 8.42 Å². The Labute approximate surface area is 113 Å². The van der Waals surface area contributed by atoms with Gasteiger partial charge in [0, 0.05) is 32.1 Å². The molecule has 2 rings (SSSR count). The summed E-state index contributed by atoms with van der Waals surface area (Å²) in [7, 11) is -3.47. The molecule has 106 valence electrons. The summed E-state index contributed by atoms with van der Waals surface area (Å²) in [4.78, 5) is 3.87. The van der Waals surface area contributed by atoms with Gasteiger partial charge in [-0.1, -0.05) is 12.7 Å². The molecule has 19 heavy (non-hydrogen) atoms. The second kappa shape index (κ2) is 5.85. The average Bonchev–Trinajstić information content (AvgIpc) is 2.93. The monoisotopic (exact) mass is 285 g/mol. The van der Waals surface area contributed by atoms with Gasteiger partial charge in [-0.15, -0.1) is 0 Å². The van der Waals surface area contributed by atoms with Crippen molar-refractivity contribution in [3.8, 4) is 0 Å². The van der Waals surface area contributed by atoms with Crippen molar-refractivity contribution in [2.75, 3.05) is 19.7 Å². The van der Waals surface area contributed by atoms with Crippen LogP contribution in [0.1, 0.15) is 18.2 Å². The molecule has 0 saturated carbocycles. The predicted molar refractivity (Wildman–Crippen MR) is 71.8 cm³/mol. The van der Waals surface area contributed by atoms with Gasteiger partial charge in [-0.05, 0) is 18.8 Å². The zero-order chi connectivity index (χ0) is 13.9. The number of sulfonamides is 1. The second-order valence-electron chi connectivity index (χ2n) is 4.71. The highest BCUT2D eigenvalue weighted by atomic mass is 32.2. The minimum absolute atomic E-state index is 0.125. The first-order valence-corrected chi connectivity index (χ1v) is 7.79. The lowest BCUT2D eigenvalue weighted by Gasteiger charge is -2.32. The van der Waals surface area contributed by atoms with Gasteiger partial charge < -0.3 is 9.67 Å². The standard InChI is InChI=1S/C12H19N3O3S/c1-2-12(14-8-5-13-10-14)19(17,18)15-6-3-11(9-16)4-7-15/h2,5,8,10-12,16H,1,3-4,6-7,9H2. The van der Waals surface area contributed by atoms with Crippen LogP contribution >= 0.6 is 0 Å². The fourth-order valence-electron chi connectivity index (χ4n) is 2.32. The van der Waals surface area contributed by atoms with Crippen molar-refractivity contribution < 1.29 is 13.5 Å². The first kappa shape index (κ1) is 14.2. The molecular formula is C12H19N3O3S. The predicted octanol–water partition coefficient (Wildman–Crippen LogP) is 0.602. The highest BCUT2D eigenvalue weighted by Crippen LogP contribution is 2.26. The molecule has 7 heteroatoms. The van der Waals surface area contributed by atoms with Crippen LogP contribution in [0.3, 0.4) is 0 Å². The fourth-order valence-corrected chi connectivity index (χ4v) is 4.02. The van der Waals surface area contributed by atoms with Gasteiger partial charge in [0.25, 0.3) is 0 Å². The molecule has 6 nitrogen and oxygen atoms in total. The molecular weight excluding hydrogens is 266 g/mol. The SMILES string of the molecule is C=CC(n1ccnc1)S(=O)(=O)N1CCC(CO)CC1. The lowest BCUT2D eigenvalue weighted by atomic mass is 10.00. The molecule has 1 aromatic heterocycles. The van der Waals surface area contributed by atoms with Crippen LogP contribution in [0, 0.1) is 5.92 Å². The topological polar surface area (TPSA) is 75.4 Å². The van der Waals surface area contributed by atoms with Crippen LogP contribution < -0.4 is 0 Å². The highest BCUT2D eigenvalue weighted by molar-refractivity contribution is 7.89. The lowest BCUT2D eigenvalue weighted by Crippen LogP contribution is -2.42. The van der Waals surface area contributed by atoms with Crippen LogP contribution in [-0.2, 0) is 10.0 Å². The Morgan fingerprint density at radius 3 is 2.63 bits per heavy atom. The Balaban J connectivity index is 2.16. The number of aliphatic hydroxyl groups excluding tert-OH is 1. The van der Waals surface area contributed by atoms with Crippen molar-refractivity contribution >= 4 is 10.0 Å². The van der Waals surface area contributed by atoms with Crippen LogP contribution in [0.5, 0.6) is 0 Å². The van der Waals surface area contributed by atoms with Crippen molar-refractivity contribution in [3.05, 3.63) is 31.4 Å². The molecule has 2 heterocycles. The fraction of sp³-hybridized carbons (Fsp3) is 0.583. The van der Waals surface area contributed by atoms with Crippen LogP contribution in [0.2, 0.25) is 0 Å². The van der Waals surface area contributed by atoms with E-state index in [1.807, 2.05) is 0 Å². The third kappa shape index (κ3) is 2.88. The summed E-state index contributed by atoms with van der Waals surface area (Å²) in [6.45, 7) is 4.64. The summed E-state index contributed by atoms with van der Waals surface area (Å²) in [5.74, 6) is 0.210. The van der Waals surface area contributed by atoms with Gasteiger partial charge in [0.15, 0.2) is 5.37 Å². The lowest BCUT2D eigenvalue weighted by molar-refractivity contribution is 0.169. The molecule has 1 aliphatic rings. The third-order valence-electron chi connectivity index (χ3n) is 3.52. The number of hydrogen-bond acceptors (Lipinski definition) is 4. The van der Waals surface area contributed by atoms with E-state index < -0.39 is 15.4 Å². The molecule has 0 bridgehead atoms. The molecule has 0 radical (unpaired) electrons. The maximum atomic E-state index is 12.6. The zero-order valence-corrected chi connectivity index (χ0v) is 11.5. The highest BCUT2D eigenvalue weighted by Gasteiger charge is 2.33. The average molecular weight is 285 g/mol. The van der Waals surface area contributed by atoms with Crippen molar-refractivity contribution in [1.29, 1.82) is 0 Å². The molecule has 1 atom stereocenters. The van der Waals surface area contributed by atoms with Gasteiger partial charge >= 0.3 is 0 Å². The molecule has 0 aromatic carbocycles. The van der Waals surface area contributed by atoms with Crippen molar-refractivity contribution in [2.24, 2.45) is 5.92 Å². The number of aromatic nitrogens is 2. The Bertz CT molecular complexity index is 504. The second-order valence-corrected chi connectivity index (χ2v) is 6.74. The van der Waals surface area contributed by atoms with Gasteiger partial charge in [0.05, 0.1) is 6.33 Å². The maximum Gasteiger partial charge on any atom is 0.239 e. The van der Waals surface area contributed by atoms with Crippen molar-refractivity contribution in [1.82, 2.24) is 13.9 Å². The van der Waals surface area contributed by atoms with E-state index in [2.05, 4.69) is 11.6 Å². The minimum atomic E-state index is -3.47. The molecule has 0 amide bonds. The molecule has 1 unspecified atom stereocenters. The van der Waals surface area contributed by atoms with E-state index in [0.717, 1.165) is 0 Å². The van der Waals surface area contributed by atoms with E-state index >= 15 is 0 Å². The summed E-state index contributed by atoms with van der Waals surface area (Å²) < 4.78 is 28.1. The van der Waals surface area contributed by atoms with Crippen molar-refractivity contribution in [3.63, 3.8) is 0 Å². The normalized spacial score (nSPS) is 20.3. The van der Waals surface area contributed by atoms with Gasteiger partial charge in [-0.2, -0.15) is 4.31 Å². The quantitative estimate of drug-likeness (QED) is 0.804. The summed E-state index contributed by atoms with van der Waals surface area (Å²) in [5, 5.41) is 8.27. The summed E-state index contributed by atoms with van der Waals surface area (Å²) in [5.41, 5.74) is 0. The third-order valence-corrected chi connectivity index (χ3v) is 5.65. The summed E-state index contributed by atoms with van der Waals surface area (Å²) in [6.07, 6.45) is 7.45. The first-order valence-electron chi connectivity index (χ1n) is 6.29. The molecule has 1 saturated heterocycles. The Kier molecular flexibility index (Phi) is 4.38. The molecule has 1 aliphatic heterocycles. The number of hydrogen-bond donors (Lipinski definition) is 1. The summed E-state index contributed by atoms with van der Waals surface area (Å²) >= 11 is 0. The molecule has 1 aromatic rings. The number of aliphatic hydroxyl groups is 1. The largest absolute Gasteiger partial charge is 0.396 e. The Morgan fingerprint density at radius 1 is 1.47 bits per heavy atom. The minimum Gasteiger partial charge on any atom is -0.396 e. The van der Waals surface area contributed by atoms with Crippen molar-refractivity contribution in [2.45, 2.75) is 18.2 Å². The van der Waals surface area contributed by atoms with Gasteiger partial charge in [0.1, 0.15) is 0 Å². The maximum absolute atomic E-state index is 12.6. The smallest absolute Gasteiger partial charge is 0.239 e. The molecule has 1 fully saturated rings. The van der Waals surface area contributed by atoms with E-state index in [-0.39, 0.29) is 12.5 Å². The Morgan fingerprint density at radius 2 is 2.16 bits per heavy atom. The van der Waals surface area contributed by atoms with E-state index in [4.69, 9.17) is 5.11 Å². The Hall–Kier alpha value is -1.18. The van der Waals surface area contributed by atoms with Gasteiger partial charge in [0.2, 0.25) is 10.0 Å². The van der Waals surface area contributed by atoms with Crippen LogP contribution in [0.15, 0.2) is 31.4 Å². The van der Waals surface area contributed by atoms with Gasteiger partial charge in [-0.3, -0.25) is 0 Å². The first-order chi connectivity index (χ1) is 9.09. The molecule has 1 N–H and O–H groups in total. The van der Waals surface area contributed by atoms with Crippen LogP contribution in [0.25, 0.3) is 0 Å². The van der Waals surface area contributed by atoms with Crippen LogP contribution in [0.4, 0.5) is 0 Å². The van der Waals surface area contributed by atoms with Crippen LogP contribution in [-0.4, -0.2) is 47.1 Å². The van der Waals surface area contributed by atoms with E-state index in [0.29, 0.717) is 25.9 Å². The number of nitrogens with zero attached hydrogens (tertiary/aromatic N) is 3. The number of imidazole rings is 1. The summed E-state index contributed by atoms with van der Waals surface area (Å²) in [6, 6.07) is 0.